The lowest BCUT2D eigenvalue weighted by Crippen LogP contribution is -2.62. The summed E-state index contributed by atoms with van der Waals surface area (Å²) in [4.78, 5) is 13.2. The average Bonchev–Trinajstić information content (AvgIpc) is 3.16. The summed E-state index contributed by atoms with van der Waals surface area (Å²) in [5.41, 5.74) is 16.0. The zero-order valence-electron chi connectivity index (χ0n) is 27.3. The molecule has 1 aromatic carbocycles. The van der Waals surface area contributed by atoms with Gasteiger partial charge in [0.1, 0.15) is 6.10 Å². The number of benzene rings is 1. The molecule has 9 unspecified atom stereocenters. The highest BCUT2D eigenvalue weighted by Crippen LogP contribution is 2.74. The maximum absolute atomic E-state index is 13.2. The highest BCUT2D eigenvalue weighted by molar-refractivity contribution is 5.91. The Morgan fingerprint density at radius 3 is 2.22 bits per heavy atom. The van der Waals surface area contributed by atoms with Gasteiger partial charge in [-0.05, 0) is 142 Å². The van der Waals surface area contributed by atoms with Crippen LogP contribution < -0.4 is 11.5 Å². The summed E-state index contributed by atoms with van der Waals surface area (Å²) in [5.74, 6) is 3.47. The fraction of sp³-hybridized carbons (Fsp3) is 0.757. The van der Waals surface area contributed by atoms with Gasteiger partial charge in [0, 0.05) is 16.8 Å². The number of esters is 1. The Bertz CT molecular complexity index is 1160. The molecule has 4 aliphatic carbocycles. The standard InChI is InChI=1S/C37H58N2O2/c1-23(2)10-9-11-24(3)28-14-18-37(8)30-12-13-31-34(4,5)32(41-33(40)25-20-26(38)22-27(39)21-25)16-17-35(31,6)29(30)15-19-36(28,37)7/h10,20-22,24,28-32H,9,11-19,38-39H2,1-8H3. The van der Waals surface area contributed by atoms with Crippen molar-refractivity contribution in [1.29, 1.82) is 0 Å². The molecule has 0 heterocycles. The second-order valence-corrected chi connectivity index (χ2v) is 16.3. The Hall–Kier alpha value is -1.97. The summed E-state index contributed by atoms with van der Waals surface area (Å²) in [6.45, 7) is 19.8. The van der Waals surface area contributed by atoms with Gasteiger partial charge in [-0.15, -0.1) is 0 Å². The van der Waals surface area contributed by atoms with Gasteiger partial charge in [-0.25, -0.2) is 4.79 Å². The maximum Gasteiger partial charge on any atom is 0.338 e. The van der Waals surface area contributed by atoms with Gasteiger partial charge in [0.25, 0.3) is 0 Å². The van der Waals surface area contributed by atoms with E-state index in [1.54, 1.807) is 18.2 Å². The van der Waals surface area contributed by atoms with Crippen LogP contribution in [0.2, 0.25) is 0 Å². The lowest BCUT2D eigenvalue weighted by molar-refractivity contribution is -0.200. The zero-order chi connectivity index (χ0) is 30.0. The number of nitrogens with two attached hydrogens (primary N) is 2. The van der Waals surface area contributed by atoms with Crippen LogP contribution in [0.25, 0.3) is 0 Å². The summed E-state index contributed by atoms with van der Waals surface area (Å²) in [5, 5.41) is 0. The van der Waals surface area contributed by atoms with Crippen LogP contribution in [-0.2, 0) is 4.74 Å². The number of ether oxygens (including phenoxy) is 1. The smallest absolute Gasteiger partial charge is 0.338 e. The molecule has 1 aromatic rings. The molecule has 4 N–H and O–H groups in total. The van der Waals surface area contributed by atoms with Crippen molar-refractivity contribution < 1.29 is 9.53 Å². The number of hydrogen-bond donors (Lipinski definition) is 2. The molecule has 228 valence electrons. The summed E-state index contributed by atoms with van der Waals surface area (Å²) >= 11 is 0. The van der Waals surface area contributed by atoms with Crippen LogP contribution >= 0.6 is 0 Å². The summed E-state index contributed by atoms with van der Waals surface area (Å²) in [7, 11) is 0. The number of hydrogen-bond acceptors (Lipinski definition) is 4. The van der Waals surface area contributed by atoms with E-state index in [-0.39, 0.29) is 17.5 Å². The van der Waals surface area contributed by atoms with E-state index in [9.17, 15) is 4.79 Å². The lowest BCUT2D eigenvalue weighted by atomic mass is 9.38. The van der Waals surface area contributed by atoms with E-state index in [0.29, 0.717) is 39.1 Å². The SMILES string of the molecule is CC(C)=CCCC(C)C1CCC2(C)C3CCC4C(C)(C)C(OC(=O)c5cc(N)cc(N)c5)CCC4(C)C3CCC12C. The molecule has 0 aromatic heterocycles. The molecular formula is C37H58N2O2. The van der Waals surface area contributed by atoms with E-state index in [1.165, 1.54) is 56.9 Å². The first-order valence-electron chi connectivity index (χ1n) is 16.6. The Morgan fingerprint density at radius 1 is 0.902 bits per heavy atom. The monoisotopic (exact) mass is 562 g/mol. The number of nitrogen functional groups attached to an aromatic ring is 2. The first kappa shape index (κ1) is 30.5. The Labute approximate surface area is 250 Å². The second kappa shape index (κ2) is 10.6. The van der Waals surface area contributed by atoms with E-state index in [2.05, 4.69) is 61.5 Å². The fourth-order valence-corrected chi connectivity index (χ4v) is 11.5. The molecule has 4 saturated carbocycles. The van der Waals surface area contributed by atoms with Crippen molar-refractivity contribution in [2.24, 2.45) is 51.2 Å². The Balaban J connectivity index is 1.33. The van der Waals surface area contributed by atoms with Gasteiger partial charge in [0.2, 0.25) is 0 Å². The number of carbonyl (C=O) groups is 1. The van der Waals surface area contributed by atoms with Crippen LogP contribution in [0.4, 0.5) is 11.4 Å². The van der Waals surface area contributed by atoms with Crippen molar-refractivity contribution in [3.8, 4) is 0 Å². The van der Waals surface area contributed by atoms with Gasteiger partial charge in [-0.3, -0.25) is 0 Å². The number of rotatable bonds is 6. The Morgan fingerprint density at radius 2 is 1.56 bits per heavy atom. The molecule has 0 radical (unpaired) electrons. The minimum atomic E-state index is -0.295. The molecule has 41 heavy (non-hydrogen) atoms. The summed E-state index contributed by atoms with van der Waals surface area (Å²) in [6.07, 6.45) is 15.1. The molecule has 4 heteroatoms. The zero-order valence-corrected chi connectivity index (χ0v) is 27.3. The van der Waals surface area contributed by atoms with E-state index in [4.69, 9.17) is 16.2 Å². The van der Waals surface area contributed by atoms with Crippen molar-refractivity contribution >= 4 is 17.3 Å². The lowest BCUT2D eigenvalue weighted by Gasteiger charge is -2.67. The van der Waals surface area contributed by atoms with E-state index >= 15 is 0 Å². The van der Waals surface area contributed by atoms with Gasteiger partial charge < -0.3 is 16.2 Å². The molecule has 4 fully saturated rings. The normalized spacial score (nSPS) is 40.0. The van der Waals surface area contributed by atoms with Crippen molar-refractivity contribution in [3.05, 3.63) is 35.4 Å². The molecule has 0 aliphatic heterocycles. The second-order valence-electron chi connectivity index (χ2n) is 16.3. The number of allylic oxidation sites excluding steroid dienone is 2. The van der Waals surface area contributed by atoms with Crippen molar-refractivity contribution in [2.75, 3.05) is 11.5 Å². The number of carbonyl (C=O) groups excluding carboxylic acids is 1. The Kier molecular flexibility index (Phi) is 7.91. The highest BCUT2D eigenvalue weighted by atomic mass is 16.5. The largest absolute Gasteiger partial charge is 0.458 e. The molecule has 5 rings (SSSR count). The summed E-state index contributed by atoms with van der Waals surface area (Å²) < 4.78 is 6.27. The highest BCUT2D eigenvalue weighted by Gasteiger charge is 2.67. The molecule has 0 spiro atoms. The predicted molar refractivity (Wildman–Crippen MR) is 171 cm³/mol. The minimum Gasteiger partial charge on any atom is -0.458 e. The van der Waals surface area contributed by atoms with E-state index in [0.717, 1.165) is 36.5 Å². The van der Waals surface area contributed by atoms with E-state index < -0.39 is 0 Å². The van der Waals surface area contributed by atoms with Gasteiger partial charge in [-0.1, -0.05) is 53.2 Å². The van der Waals surface area contributed by atoms with Crippen LogP contribution in [0.5, 0.6) is 0 Å². The van der Waals surface area contributed by atoms with Gasteiger partial charge >= 0.3 is 5.97 Å². The number of anilines is 2. The van der Waals surface area contributed by atoms with Crippen LogP contribution in [-0.4, -0.2) is 12.1 Å². The van der Waals surface area contributed by atoms with Gasteiger partial charge in [0.15, 0.2) is 0 Å². The molecule has 0 amide bonds. The molecule has 4 aliphatic rings. The van der Waals surface area contributed by atoms with Crippen molar-refractivity contribution in [2.45, 2.75) is 126 Å². The van der Waals surface area contributed by atoms with Gasteiger partial charge in [0.05, 0.1) is 5.56 Å². The van der Waals surface area contributed by atoms with Crippen LogP contribution in [0.3, 0.4) is 0 Å². The quantitative estimate of drug-likeness (QED) is 0.206. The molecule has 0 saturated heterocycles. The molecule has 0 bridgehead atoms. The first-order chi connectivity index (χ1) is 19.1. The third-order valence-corrected chi connectivity index (χ3v) is 13.8. The fourth-order valence-electron chi connectivity index (χ4n) is 11.5. The van der Waals surface area contributed by atoms with Crippen LogP contribution in [0, 0.1) is 51.2 Å². The van der Waals surface area contributed by atoms with Gasteiger partial charge in [-0.2, -0.15) is 0 Å². The predicted octanol–water partition coefficient (Wildman–Crippen LogP) is 9.44. The van der Waals surface area contributed by atoms with Crippen molar-refractivity contribution in [3.63, 3.8) is 0 Å². The van der Waals surface area contributed by atoms with Crippen LogP contribution in [0.1, 0.15) is 130 Å². The molecule has 4 nitrogen and oxygen atoms in total. The third-order valence-electron chi connectivity index (χ3n) is 13.8. The maximum atomic E-state index is 13.2. The summed E-state index contributed by atoms with van der Waals surface area (Å²) in [6, 6.07) is 5.04. The minimum absolute atomic E-state index is 0.0706. The molecule has 9 atom stereocenters. The van der Waals surface area contributed by atoms with E-state index in [1.807, 2.05) is 0 Å². The average molecular weight is 563 g/mol. The third kappa shape index (κ3) is 4.93. The number of fused-ring (bicyclic) bond motifs is 5. The molecular weight excluding hydrogens is 504 g/mol. The van der Waals surface area contributed by atoms with Crippen molar-refractivity contribution in [1.82, 2.24) is 0 Å². The van der Waals surface area contributed by atoms with Crippen LogP contribution in [0.15, 0.2) is 29.8 Å². The topological polar surface area (TPSA) is 78.3 Å². The first-order valence-corrected chi connectivity index (χ1v) is 16.6.